The number of carboxylic acid groups (broad SMARTS) is 2. The fourth-order valence-electron chi connectivity index (χ4n) is 4.63. The third-order valence-electron chi connectivity index (χ3n) is 7.82. The maximum atomic E-state index is 10.2. The molecule has 7 heteroatoms. The van der Waals surface area contributed by atoms with Crippen LogP contribution in [0.25, 0.3) is 0 Å². The van der Waals surface area contributed by atoms with Gasteiger partial charge in [0.2, 0.25) is 0 Å². The third-order valence-corrected chi connectivity index (χ3v) is 15.9. The Morgan fingerprint density at radius 2 is 0.532 bits per heavy atom. The van der Waals surface area contributed by atoms with Crippen molar-refractivity contribution < 1.29 is 25.3 Å². The molecule has 4 N–H and O–H groups in total. The molecule has 0 aliphatic heterocycles. The molecule has 0 fully saturated rings. The third kappa shape index (κ3) is 77.4. The summed E-state index contributed by atoms with van der Waals surface area (Å²) in [4.78, 5) is 20.4. The molecule has 0 unspecified atom stereocenters. The summed E-state index contributed by atoms with van der Waals surface area (Å²) in [5.74, 6) is -1.32. The van der Waals surface area contributed by atoms with Crippen molar-refractivity contribution in [3.8, 4) is 0 Å². The molecule has 4 radical (unpaired) electrons. The van der Waals surface area contributed by atoms with E-state index >= 15 is 0 Å². The number of carbonyl (C=O) groups is 2. The second kappa shape index (κ2) is 58.7. The van der Waals surface area contributed by atoms with Crippen LogP contribution in [0.15, 0.2) is 0 Å². The van der Waals surface area contributed by atoms with E-state index in [0.29, 0.717) is 12.8 Å². The quantitative estimate of drug-likeness (QED) is 0.0518. The number of hydrogen-bond donors (Lipinski definition) is 2. The molecule has 0 rings (SSSR count). The smallest absolute Gasteiger partial charge is 0.412 e. The molecule has 0 aromatic heterocycles. The first kappa shape index (κ1) is 56.9. The van der Waals surface area contributed by atoms with Gasteiger partial charge in [-0.2, -0.15) is 0 Å². The average Bonchev–Trinajstić information content (AvgIpc) is 3.04. The molecule has 0 aromatic carbocycles. The standard InChI is InChI=1S/2C12H24O2.4C4H9.H2O.2Sn/c2*1-2-3-4-5-6-7-8-9-10-11-12(13)14;4*1-3-4-2;;;/h2*2-11H2,1H3,(H,13,14);4*1,3-4H2,2H3;1H2;;. The average molecular weight is 885 g/mol. The summed E-state index contributed by atoms with van der Waals surface area (Å²) >= 11 is 0.299. The molecular weight excluding hydrogens is 798 g/mol. The van der Waals surface area contributed by atoms with Crippen LogP contribution < -0.4 is 0 Å². The molecule has 0 heterocycles. The molecule has 0 atom stereocenters. The molecule has 0 spiro atoms. The van der Waals surface area contributed by atoms with E-state index in [1.165, 1.54) is 141 Å². The Hall–Kier alpha value is 0.497. The Labute approximate surface area is 316 Å². The van der Waals surface area contributed by atoms with E-state index in [0.717, 1.165) is 25.7 Å². The monoisotopic (exact) mass is 886 g/mol. The van der Waals surface area contributed by atoms with Crippen molar-refractivity contribution in [3.05, 3.63) is 0 Å². The Balaban J connectivity index is -0.000000169. The van der Waals surface area contributed by atoms with Crippen LogP contribution in [-0.4, -0.2) is 69.9 Å². The van der Waals surface area contributed by atoms with Gasteiger partial charge in [0.15, 0.2) is 0 Å². The van der Waals surface area contributed by atoms with Gasteiger partial charge in [0.1, 0.15) is 0 Å². The predicted octanol–water partition coefficient (Wildman–Crippen LogP) is 13.4. The molecule has 0 saturated heterocycles. The van der Waals surface area contributed by atoms with E-state index in [-0.39, 0.29) is 47.8 Å². The van der Waals surface area contributed by atoms with Crippen LogP contribution >= 0.6 is 0 Å². The Bertz CT molecular complexity index is 477. The zero-order chi connectivity index (χ0) is 35.2. The van der Waals surface area contributed by atoms with E-state index in [1.54, 1.807) is 17.7 Å². The van der Waals surface area contributed by atoms with Gasteiger partial charge in [0.25, 0.3) is 0 Å². The summed E-state index contributed by atoms with van der Waals surface area (Å²) in [6.45, 7) is 13.6. The first-order chi connectivity index (χ1) is 22.4. The molecule has 0 bridgehead atoms. The number of carboxylic acids is 2. The van der Waals surface area contributed by atoms with E-state index in [4.69, 9.17) is 10.2 Å². The molecule has 47 heavy (non-hydrogen) atoms. The summed E-state index contributed by atoms with van der Waals surface area (Å²) in [5, 5.41) is 16.8. The van der Waals surface area contributed by atoms with E-state index in [1.807, 2.05) is 0 Å². The van der Waals surface area contributed by atoms with E-state index < -0.39 is 11.9 Å². The van der Waals surface area contributed by atoms with Crippen LogP contribution in [0.4, 0.5) is 0 Å². The first-order valence-corrected chi connectivity index (χ1v) is 28.3. The van der Waals surface area contributed by atoms with Crippen molar-refractivity contribution in [1.82, 2.24) is 0 Å². The Morgan fingerprint density at radius 3 is 0.723 bits per heavy atom. The summed E-state index contributed by atoms with van der Waals surface area (Å²) < 4.78 is 6.50. The minimum Gasteiger partial charge on any atom is -0.412 e. The van der Waals surface area contributed by atoms with Gasteiger partial charge >= 0.3 is 151 Å². The van der Waals surface area contributed by atoms with Crippen molar-refractivity contribution in [2.24, 2.45) is 0 Å². The molecular formula is C40H86O5Sn2. The zero-order valence-electron chi connectivity index (χ0n) is 32.8. The van der Waals surface area contributed by atoms with Gasteiger partial charge < -0.3 is 15.7 Å². The second-order valence-corrected chi connectivity index (χ2v) is 21.4. The van der Waals surface area contributed by atoms with Crippen molar-refractivity contribution >= 4 is 54.2 Å². The van der Waals surface area contributed by atoms with Gasteiger partial charge in [-0.15, -0.1) is 0 Å². The van der Waals surface area contributed by atoms with E-state index in [9.17, 15) is 9.59 Å². The van der Waals surface area contributed by atoms with Gasteiger partial charge in [-0.3, -0.25) is 9.59 Å². The molecule has 284 valence electrons. The summed E-state index contributed by atoms with van der Waals surface area (Å²) in [5.41, 5.74) is 0. The van der Waals surface area contributed by atoms with Crippen LogP contribution in [-0.2, 0) is 9.59 Å². The number of hydrogen-bond acceptors (Lipinski definition) is 2. The van der Waals surface area contributed by atoms with Gasteiger partial charge in [0.05, 0.1) is 0 Å². The summed E-state index contributed by atoms with van der Waals surface area (Å²) in [6.07, 6.45) is 34.6. The van der Waals surface area contributed by atoms with Crippen LogP contribution in [0.2, 0.25) is 17.7 Å². The van der Waals surface area contributed by atoms with Crippen molar-refractivity contribution in [1.29, 1.82) is 0 Å². The van der Waals surface area contributed by atoms with Crippen LogP contribution in [0.5, 0.6) is 0 Å². The maximum Gasteiger partial charge on any atom is -0.412 e. The van der Waals surface area contributed by atoms with Gasteiger partial charge in [-0.05, 0) is 12.8 Å². The molecule has 0 aromatic rings. The maximum absolute atomic E-state index is 10.2. The van der Waals surface area contributed by atoms with Crippen molar-refractivity contribution in [2.45, 2.75) is 239 Å². The Kier molecular flexibility index (Phi) is 71.0. The fraction of sp³-hybridized carbons (Fsp3) is 0.950. The summed E-state index contributed by atoms with van der Waals surface area (Å²) in [6, 6.07) is 0. The molecule has 0 saturated carbocycles. The van der Waals surface area contributed by atoms with Gasteiger partial charge in [-0.25, -0.2) is 0 Å². The molecule has 0 aliphatic rings. The number of unbranched alkanes of at least 4 members (excludes halogenated alkanes) is 20. The van der Waals surface area contributed by atoms with Crippen molar-refractivity contribution in [2.75, 3.05) is 0 Å². The van der Waals surface area contributed by atoms with Crippen LogP contribution in [0, 0.1) is 0 Å². The SMILES string of the molecule is CCCCCCCCCCCC(=O)O.CCCCCCCCCCCC(=O)O.CCC[CH2][Sn][CH2]CCC.CCC[CH2][Sn][CH2]CCC.O. The van der Waals surface area contributed by atoms with Gasteiger partial charge in [0, 0.05) is 12.8 Å². The normalized spacial score (nSPS) is 10.0. The van der Waals surface area contributed by atoms with E-state index in [2.05, 4.69) is 41.5 Å². The predicted molar refractivity (Wildman–Crippen MR) is 213 cm³/mol. The second-order valence-electron chi connectivity index (χ2n) is 12.9. The largest absolute Gasteiger partial charge is 0.412 e. The van der Waals surface area contributed by atoms with Crippen LogP contribution in [0.1, 0.15) is 221 Å². The topological polar surface area (TPSA) is 106 Å². The minimum atomic E-state index is -0.659. The molecule has 5 nitrogen and oxygen atoms in total. The van der Waals surface area contributed by atoms with Crippen LogP contribution in [0.3, 0.4) is 0 Å². The fourth-order valence-corrected chi connectivity index (χ4v) is 12.9. The zero-order valence-corrected chi connectivity index (χ0v) is 38.5. The molecule has 0 aliphatic carbocycles. The minimum absolute atomic E-state index is 0. The first-order valence-electron chi connectivity index (χ1n) is 20.2. The number of aliphatic carboxylic acids is 2. The molecule has 0 amide bonds. The summed E-state index contributed by atoms with van der Waals surface area (Å²) in [7, 11) is 0. The number of rotatable bonds is 32. The van der Waals surface area contributed by atoms with Gasteiger partial charge in [-0.1, -0.05) is 117 Å². The Morgan fingerprint density at radius 1 is 0.340 bits per heavy atom. The van der Waals surface area contributed by atoms with Crippen molar-refractivity contribution in [3.63, 3.8) is 0 Å².